The maximum Gasteiger partial charge on any atom is 0.305 e. The first-order chi connectivity index (χ1) is 9.81. The topological polar surface area (TPSA) is 32.9 Å². The number of hydrogen-bond donors (Lipinski definition) is 1. The molecule has 0 spiro atoms. The Labute approximate surface area is 129 Å². The van der Waals surface area contributed by atoms with Gasteiger partial charge in [0.2, 0.25) is 0 Å². The highest BCUT2D eigenvalue weighted by Crippen LogP contribution is 2.63. The zero-order chi connectivity index (χ0) is 13.3. The van der Waals surface area contributed by atoms with Gasteiger partial charge in [-0.3, -0.25) is 4.79 Å². The molecule has 5 atom stereocenters. The Bertz CT molecular complexity index is 701. The van der Waals surface area contributed by atoms with Crippen molar-refractivity contribution in [2.24, 2.45) is 17.8 Å². The van der Waals surface area contributed by atoms with E-state index in [4.69, 9.17) is 0 Å². The van der Waals surface area contributed by atoms with Gasteiger partial charge in [0.15, 0.2) is 0 Å². The third-order valence-electron chi connectivity index (χ3n) is 5.32. The van der Waals surface area contributed by atoms with Crippen LogP contribution in [-0.2, 0) is 0 Å². The van der Waals surface area contributed by atoms with Gasteiger partial charge in [-0.1, -0.05) is 17.4 Å². The van der Waals surface area contributed by atoms with Crippen LogP contribution in [0.15, 0.2) is 27.3 Å². The van der Waals surface area contributed by atoms with Gasteiger partial charge < -0.3 is 4.98 Å². The number of aromatic nitrogens is 1. The third kappa shape index (κ3) is 1.54. The molecule has 3 aliphatic rings. The van der Waals surface area contributed by atoms with Gasteiger partial charge >= 0.3 is 4.87 Å². The smallest absolute Gasteiger partial charge is 0.305 e. The molecule has 2 aliphatic carbocycles. The molecule has 5 heteroatoms. The minimum atomic E-state index is 0.122. The number of nitrogens with one attached hydrogen (secondary N) is 1. The fourth-order valence-corrected chi connectivity index (χ4v) is 8.49. The summed E-state index contributed by atoms with van der Waals surface area (Å²) in [6, 6.07) is 4.42. The van der Waals surface area contributed by atoms with Crippen LogP contribution in [0, 0.1) is 17.8 Å². The van der Waals surface area contributed by atoms with Crippen molar-refractivity contribution >= 4 is 34.4 Å². The predicted octanol–water partition coefficient (Wildman–Crippen LogP) is 4.15. The Morgan fingerprint density at radius 2 is 2.15 bits per heavy atom. The lowest BCUT2D eigenvalue weighted by Crippen LogP contribution is -2.33. The molecule has 2 bridgehead atoms. The van der Waals surface area contributed by atoms with Gasteiger partial charge in [-0.15, -0.1) is 23.1 Å². The van der Waals surface area contributed by atoms with Crippen LogP contribution in [0.5, 0.6) is 0 Å². The highest BCUT2D eigenvalue weighted by molar-refractivity contribution is 8.00. The summed E-state index contributed by atoms with van der Waals surface area (Å²) in [5.41, 5.74) is 0. The molecule has 2 aromatic heterocycles. The number of thiazole rings is 1. The second kappa shape index (κ2) is 4.24. The number of fused-ring (bicyclic) bond motifs is 6. The average molecular weight is 321 g/mol. The summed E-state index contributed by atoms with van der Waals surface area (Å²) in [6.07, 6.45) is 4.23. The molecule has 3 heterocycles. The van der Waals surface area contributed by atoms with Crippen LogP contribution < -0.4 is 4.87 Å². The largest absolute Gasteiger partial charge is 0.307 e. The van der Waals surface area contributed by atoms with Crippen LogP contribution in [0.25, 0.3) is 0 Å². The maximum atomic E-state index is 11.8. The first kappa shape index (κ1) is 12.1. The van der Waals surface area contributed by atoms with Crippen LogP contribution in [0.4, 0.5) is 0 Å². The van der Waals surface area contributed by atoms with Crippen LogP contribution in [-0.4, -0.2) is 10.2 Å². The quantitative estimate of drug-likeness (QED) is 0.856. The Hall–Kier alpha value is -0.520. The fraction of sp³-hybridized carbons (Fsp3) is 0.533. The van der Waals surface area contributed by atoms with Gasteiger partial charge in [-0.05, 0) is 48.5 Å². The van der Waals surface area contributed by atoms with Gasteiger partial charge in [0.05, 0.1) is 5.03 Å². The van der Waals surface area contributed by atoms with Crippen LogP contribution >= 0.6 is 34.4 Å². The zero-order valence-electron chi connectivity index (χ0n) is 10.9. The van der Waals surface area contributed by atoms with Gasteiger partial charge in [-0.2, -0.15) is 0 Å². The van der Waals surface area contributed by atoms with Gasteiger partial charge in [0, 0.05) is 20.9 Å². The lowest BCUT2D eigenvalue weighted by Gasteiger charge is -2.39. The number of hydrogen-bond acceptors (Lipinski definition) is 4. The van der Waals surface area contributed by atoms with Crippen LogP contribution in [0.3, 0.4) is 0 Å². The number of thioether (sulfide) groups is 1. The lowest BCUT2D eigenvalue weighted by atomic mass is 9.77. The maximum absolute atomic E-state index is 11.8. The third-order valence-corrected chi connectivity index (χ3v) is 8.89. The summed E-state index contributed by atoms with van der Waals surface area (Å²) < 4.78 is 0. The van der Waals surface area contributed by atoms with E-state index in [-0.39, 0.29) is 4.87 Å². The highest BCUT2D eigenvalue weighted by atomic mass is 32.2. The van der Waals surface area contributed by atoms with E-state index >= 15 is 0 Å². The zero-order valence-corrected chi connectivity index (χ0v) is 13.3. The Morgan fingerprint density at radius 3 is 3.00 bits per heavy atom. The molecule has 104 valence electrons. The van der Waals surface area contributed by atoms with Crippen molar-refractivity contribution in [3.63, 3.8) is 0 Å². The molecule has 20 heavy (non-hydrogen) atoms. The molecular weight excluding hydrogens is 306 g/mol. The Morgan fingerprint density at radius 1 is 1.25 bits per heavy atom. The van der Waals surface area contributed by atoms with E-state index in [1.165, 1.54) is 45.4 Å². The summed E-state index contributed by atoms with van der Waals surface area (Å²) >= 11 is 5.28. The molecule has 2 nitrogen and oxygen atoms in total. The highest BCUT2D eigenvalue weighted by Gasteiger charge is 2.54. The van der Waals surface area contributed by atoms with E-state index in [9.17, 15) is 4.79 Å². The molecule has 0 unspecified atom stereocenters. The summed E-state index contributed by atoms with van der Waals surface area (Å²) in [5, 5.41) is 4.08. The van der Waals surface area contributed by atoms with Gasteiger partial charge in [0.1, 0.15) is 0 Å². The van der Waals surface area contributed by atoms with E-state index in [0.29, 0.717) is 5.92 Å². The molecule has 1 N–H and O–H groups in total. The lowest BCUT2D eigenvalue weighted by molar-refractivity contribution is 0.310. The second-order valence-corrected chi connectivity index (χ2v) is 9.38. The SMILES string of the molecule is O=c1[nH]c2c(s1)[C@@H](c1cccs1)[C@@H]1[C@@H]3CC[C@H](C3)[C@H]1S2. The fourth-order valence-electron chi connectivity index (χ4n) is 4.64. The van der Waals surface area contributed by atoms with Crippen molar-refractivity contribution in [2.75, 3.05) is 0 Å². The second-order valence-electron chi connectivity index (χ2n) is 6.19. The molecule has 5 rings (SSSR count). The van der Waals surface area contributed by atoms with Crippen molar-refractivity contribution in [3.8, 4) is 0 Å². The first-order valence-corrected chi connectivity index (χ1v) is 9.82. The van der Waals surface area contributed by atoms with Crippen molar-refractivity contribution < 1.29 is 0 Å². The molecule has 2 saturated carbocycles. The molecule has 0 saturated heterocycles. The van der Waals surface area contributed by atoms with E-state index < -0.39 is 0 Å². The van der Waals surface area contributed by atoms with Crippen LogP contribution in [0.1, 0.15) is 34.9 Å². The number of H-pyrrole nitrogens is 1. The Kier molecular flexibility index (Phi) is 2.56. The molecule has 2 fully saturated rings. The molecule has 0 radical (unpaired) electrons. The number of rotatable bonds is 1. The summed E-state index contributed by atoms with van der Waals surface area (Å²) in [4.78, 5) is 17.8. The number of aromatic amines is 1. The van der Waals surface area contributed by atoms with Gasteiger partial charge in [0.25, 0.3) is 0 Å². The van der Waals surface area contributed by atoms with Crippen molar-refractivity contribution in [1.29, 1.82) is 0 Å². The predicted molar refractivity (Wildman–Crippen MR) is 85.1 cm³/mol. The minimum absolute atomic E-state index is 0.122. The monoisotopic (exact) mass is 321 g/mol. The van der Waals surface area contributed by atoms with Crippen molar-refractivity contribution in [2.45, 2.75) is 35.5 Å². The molecule has 1 aliphatic heterocycles. The summed E-state index contributed by atoms with van der Waals surface area (Å²) in [5.74, 6) is 3.01. The van der Waals surface area contributed by atoms with Crippen molar-refractivity contribution in [3.05, 3.63) is 36.9 Å². The van der Waals surface area contributed by atoms with E-state index in [2.05, 4.69) is 22.5 Å². The van der Waals surface area contributed by atoms with E-state index in [1.54, 1.807) is 0 Å². The van der Waals surface area contributed by atoms with Gasteiger partial charge in [-0.25, -0.2) is 0 Å². The van der Waals surface area contributed by atoms with Crippen molar-refractivity contribution in [1.82, 2.24) is 4.98 Å². The molecular formula is C15H15NOS3. The van der Waals surface area contributed by atoms with Crippen LogP contribution in [0.2, 0.25) is 0 Å². The van der Waals surface area contributed by atoms with E-state index in [0.717, 1.165) is 23.0 Å². The molecule has 2 aromatic rings. The standard InChI is InChI=1S/C15H15NOS3/c17-15-16-14-13(20-15)11(9-2-1-5-18-9)10-7-3-4-8(6-7)12(10)19-14/h1-2,5,7-8,10-12H,3-4,6H2,(H,16,17)/t7-,8-,10+,11+,12-/m1/s1. The average Bonchev–Trinajstić information content (AvgIpc) is 3.19. The molecule has 0 amide bonds. The normalized spacial score (nSPS) is 37.9. The first-order valence-electron chi connectivity index (χ1n) is 7.24. The minimum Gasteiger partial charge on any atom is -0.307 e. The number of thiophene rings is 1. The summed E-state index contributed by atoms with van der Waals surface area (Å²) in [6.45, 7) is 0. The van der Waals surface area contributed by atoms with E-state index in [1.807, 2.05) is 23.1 Å². The molecule has 0 aromatic carbocycles. The Balaban J connectivity index is 1.71. The summed E-state index contributed by atoms with van der Waals surface area (Å²) in [7, 11) is 0.